The second kappa shape index (κ2) is 5.06. The molecule has 3 rings (SSSR count). The summed E-state index contributed by atoms with van der Waals surface area (Å²) in [4.78, 5) is 21.0. The Morgan fingerprint density at radius 2 is 2.10 bits per heavy atom. The predicted octanol–water partition coefficient (Wildman–Crippen LogP) is 2.52. The van der Waals surface area contributed by atoms with Gasteiger partial charge in [0, 0.05) is 13.1 Å². The van der Waals surface area contributed by atoms with Crippen molar-refractivity contribution in [1.82, 2.24) is 9.97 Å². The third-order valence-electron chi connectivity index (χ3n) is 4.47. The first-order chi connectivity index (χ1) is 9.96. The molecule has 1 saturated heterocycles. The normalized spacial score (nSPS) is 18.7. The molecule has 0 bridgehead atoms. The summed E-state index contributed by atoms with van der Waals surface area (Å²) < 4.78 is 0. The average molecular weight is 286 g/mol. The number of aromatic nitrogens is 2. The van der Waals surface area contributed by atoms with Crippen LogP contribution in [-0.4, -0.2) is 23.1 Å². The molecular weight excluding hydrogens is 264 g/mol. The van der Waals surface area contributed by atoms with Crippen LogP contribution in [0.15, 0.2) is 23.3 Å². The van der Waals surface area contributed by atoms with E-state index in [4.69, 9.17) is 5.73 Å². The van der Waals surface area contributed by atoms with Crippen molar-refractivity contribution >= 4 is 22.3 Å². The molecule has 1 fully saturated rings. The molecule has 21 heavy (non-hydrogen) atoms. The molecule has 0 radical (unpaired) electrons. The zero-order valence-electron chi connectivity index (χ0n) is 12.6. The first kappa shape index (κ1) is 13.9. The summed E-state index contributed by atoms with van der Waals surface area (Å²) >= 11 is 0. The van der Waals surface area contributed by atoms with Gasteiger partial charge in [-0.25, -0.2) is 4.98 Å². The Morgan fingerprint density at radius 1 is 1.29 bits per heavy atom. The maximum absolute atomic E-state index is 11.8. The van der Waals surface area contributed by atoms with Crippen LogP contribution >= 0.6 is 0 Å². The van der Waals surface area contributed by atoms with Crippen LogP contribution in [-0.2, 0) is 0 Å². The van der Waals surface area contributed by atoms with Crippen molar-refractivity contribution in [2.45, 2.75) is 33.1 Å². The number of rotatable bonds is 1. The average Bonchev–Trinajstić information content (AvgIpc) is 2.60. The van der Waals surface area contributed by atoms with Gasteiger partial charge in [-0.1, -0.05) is 13.8 Å². The molecule has 1 aromatic heterocycles. The van der Waals surface area contributed by atoms with E-state index in [1.54, 1.807) is 6.07 Å². The van der Waals surface area contributed by atoms with Gasteiger partial charge in [-0.15, -0.1) is 0 Å². The molecule has 2 heterocycles. The van der Waals surface area contributed by atoms with Gasteiger partial charge in [0.25, 0.3) is 5.56 Å². The highest BCUT2D eigenvalue weighted by Crippen LogP contribution is 2.34. The van der Waals surface area contributed by atoms with Crippen LogP contribution in [0.1, 0.15) is 33.1 Å². The van der Waals surface area contributed by atoms with Gasteiger partial charge in [-0.05, 0) is 36.8 Å². The van der Waals surface area contributed by atoms with E-state index in [9.17, 15) is 4.79 Å². The van der Waals surface area contributed by atoms with E-state index in [0.29, 0.717) is 22.0 Å². The largest absolute Gasteiger partial charge is 0.397 e. The fraction of sp³-hybridized carbons (Fsp3) is 0.500. The Kier molecular flexibility index (Phi) is 3.35. The first-order valence-electron chi connectivity index (χ1n) is 7.48. The van der Waals surface area contributed by atoms with Crippen molar-refractivity contribution in [3.8, 4) is 0 Å². The molecule has 112 valence electrons. The Balaban J connectivity index is 2.00. The third kappa shape index (κ3) is 2.73. The summed E-state index contributed by atoms with van der Waals surface area (Å²) in [6, 6.07) is 3.69. The summed E-state index contributed by atoms with van der Waals surface area (Å²) in [6.07, 6.45) is 4.98. The van der Waals surface area contributed by atoms with E-state index >= 15 is 0 Å². The number of aromatic amines is 1. The molecular formula is C16H22N4O. The number of anilines is 2. The fourth-order valence-electron chi connectivity index (χ4n) is 3.06. The van der Waals surface area contributed by atoms with Crippen molar-refractivity contribution in [3.63, 3.8) is 0 Å². The van der Waals surface area contributed by atoms with Gasteiger partial charge in [0.05, 0.1) is 28.6 Å². The molecule has 0 unspecified atom stereocenters. The van der Waals surface area contributed by atoms with Crippen molar-refractivity contribution in [2.24, 2.45) is 5.41 Å². The summed E-state index contributed by atoms with van der Waals surface area (Å²) in [5.74, 6) is 0. The minimum absolute atomic E-state index is 0.143. The van der Waals surface area contributed by atoms with Crippen LogP contribution < -0.4 is 16.2 Å². The van der Waals surface area contributed by atoms with Crippen LogP contribution in [0.25, 0.3) is 10.9 Å². The summed E-state index contributed by atoms with van der Waals surface area (Å²) in [5, 5.41) is 0.550. The molecule has 3 N–H and O–H groups in total. The number of nitrogen functional groups attached to an aromatic ring is 1. The molecule has 1 aliphatic rings. The number of nitrogens with two attached hydrogens (primary N) is 1. The second-order valence-corrected chi connectivity index (χ2v) is 6.66. The lowest BCUT2D eigenvalue weighted by molar-refractivity contribution is 0.325. The number of nitrogens with zero attached hydrogens (tertiary/aromatic N) is 2. The molecule has 1 aliphatic heterocycles. The van der Waals surface area contributed by atoms with Gasteiger partial charge in [0.1, 0.15) is 0 Å². The predicted molar refractivity (Wildman–Crippen MR) is 86.6 cm³/mol. The van der Waals surface area contributed by atoms with Gasteiger partial charge in [-0.3, -0.25) is 4.79 Å². The van der Waals surface area contributed by atoms with Crippen molar-refractivity contribution in [3.05, 3.63) is 28.8 Å². The Morgan fingerprint density at radius 3 is 2.90 bits per heavy atom. The van der Waals surface area contributed by atoms with Crippen LogP contribution in [0.3, 0.4) is 0 Å². The summed E-state index contributed by atoms with van der Waals surface area (Å²) in [6.45, 7) is 6.64. The standard InChI is InChI=1S/C16H22N4O/c1-16(2)4-3-6-20(7-5-16)14-9-13-11(8-12(14)17)15(21)19-10-18-13/h8-10H,3-7,17H2,1-2H3,(H,18,19,21). The van der Waals surface area contributed by atoms with E-state index in [-0.39, 0.29) is 5.56 Å². The molecule has 0 atom stereocenters. The lowest BCUT2D eigenvalue weighted by atomic mass is 9.85. The Bertz CT molecular complexity index is 720. The van der Waals surface area contributed by atoms with E-state index in [0.717, 1.165) is 31.6 Å². The Hall–Kier alpha value is -2.04. The molecule has 5 nitrogen and oxygen atoms in total. The number of H-pyrrole nitrogens is 1. The van der Waals surface area contributed by atoms with Crippen LogP contribution in [0.2, 0.25) is 0 Å². The minimum atomic E-state index is -0.143. The molecule has 0 amide bonds. The molecule has 2 aromatic rings. The smallest absolute Gasteiger partial charge is 0.258 e. The van der Waals surface area contributed by atoms with Crippen LogP contribution in [0.4, 0.5) is 11.4 Å². The van der Waals surface area contributed by atoms with Gasteiger partial charge in [0.15, 0.2) is 0 Å². The number of fused-ring (bicyclic) bond motifs is 1. The zero-order chi connectivity index (χ0) is 15.0. The second-order valence-electron chi connectivity index (χ2n) is 6.66. The molecule has 5 heteroatoms. The summed E-state index contributed by atoms with van der Waals surface area (Å²) in [5.41, 5.74) is 8.78. The summed E-state index contributed by atoms with van der Waals surface area (Å²) in [7, 11) is 0. The van der Waals surface area contributed by atoms with Crippen molar-refractivity contribution in [1.29, 1.82) is 0 Å². The van der Waals surface area contributed by atoms with Crippen LogP contribution in [0.5, 0.6) is 0 Å². The highest BCUT2D eigenvalue weighted by molar-refractivity contribution is 5.88. The molecule has 1 aromatic carbocycles. The maximum Gasteiger partial charge on any atom is 0.258 e. The number of nitrogens with one attached hydrogen (secondary N) is 1. The van der Waals surface area contributed by atoms with Gasteiger partial charge in [-0.2, -0.15) is 0 Å². The zero-order valence-corrected chi connectivity index (χ0v) is 12.6. The number of benzene rings is 1. The lowest BCUT2D eigenvalue weighted by Gasteiger charge is -2.26. The van der Waals surface area contributed by atoms with Crippen molar-refractivity contribution < 1.29 is 0 Å². The quantitative estimate of drug-likeness (QED) is 0.790. The van der Waals surface area contributed by atoms with Gasteiger partial charge >= 0.3 is 0 Å². The lowest BCUT2D eigenvalue weighted by Crippen LogP contribution is -2.26. The van der Waals surface area contributed by atoms with E-state index in [1.807, 2.05) is 6.07 Å². The van der Waals surface area contributed by atoms with E-state index in [1.165, 1.54) is 12.7 Å². The highest BCUT2D eigenvalue weighted by atomic mass is 16.1. The van der Waals surface area contributed by atoms with E-state index in [2.05, 4.69) is 28.7 Å². The highest BCUT2D eigenvalue weighted by Gasteiger charge is 2.24. The Labute approximate surface area is 124 Å². The van der Waals surface area contributed by atoms with Crippen molar-refractivity contribution in [2.75, 3.05) is 23.7 Å². The van der Waals surface area contributed by atoms with Gasteiger partial charge < -0.3 is 15.6 Å². The molecule has 0 spiro atoms. The van der Waals surface area contributed by atoms with Crippen LogP contribution in [0, 0.1) is 5.41 Å². The third-order valence-corrected chi connectivity index (χ3v) is 4.47. The monoisotopic (exact) mass is 286 g/mol. The number of hydrogen-bond donors (Lipinski definition) is 2. The minimum Gasteiger partial charge on any atom is -0.397 e. The van der Waals surface area contributed by atoms with E-state index < -0.39 is 0 Å². The van der Waals surface area contributed by atoms with Gasteiger partial charge in [0.2, 0.25) is 0 Å². The fourth-order valence-corrected chi connectivity index (χ4v) is 3.06. The first-order valence-corrected chi connectivity index (χ1v) is 7.48. The topological polar surface area (TPSA) is 75.0 Å². The molecule has 0 aliphatic carbocycles. The molecule has 0 saturated carbocycles. The number of hydrogen-bond acceptors (Lipinski definition) is 4. The SMILES string of the molecule is CC1(C)CCCN(c2cc3nc[nH]c(=O)c3cc2N)CC1. The maximum atomic E-state index is 11.8.